The minimum Gasteiger partial charge on any atom is -0.391 e. The maximum absolute atomic E-state index is 12.8. The van der Waals surface area contributed by atoms with Crippen LogP contribution >= 0.6 is 0 Å². The molecule has 2 atom stereocenters. The van der Waals surface area contributed by atoms with Crippen molar-refractivity contribution in [2.45, 2.75) is 31.4 Å². The van der Waals surface area contributed by atoms with Crippen LogP contribution in [0.3, 0.4) is 0 Å². The second-order valence-electron chi connectivity index (χ2n) is 6.07. The third kappa shape index (κ3) is 2.95. The second-order valence-corrected chi connectivity index (χ2v) is 6.07. The lowest BCUT2D eigenvalue weighted by Crippen LogP contribution is -2.50. The Morgan fingerprint density at radius 3 is 2.70 bits per heavy atom. The molecule has 20 heavy (non-hydrogen) atoms. The summed E-state index contributed by atoms with van der Waals surface area (Å²) in [5, 5.41) is 19.3. The number of β-amino-alcohol motifs (C(OH)–C–C–N with tert-alkyl or cyclic N) is 1. The van der Waals surface area contributed by atoms with Crippen LogP contribution in [0.5, 0.6) is 0 Å². The summed E-state index contributed by atoms with van der Waals surface area (Å²) < 4.78 is 5.27. The molecule has 2 aliphatic heterocycles. The molecule has 6 nitrogen and oxygen atoms in total. The molecule has 2 heterocycles. The van der Waals surface area contributed by atoms with Gasteiger partial charge in [-0.3, -0.25) is 4.79 Å². The number of ether oxygens (including phenoxy) is 1. The third-order valence-electron chi connectivity index (χ3n) is 4.20. The Bertz CT molecular complexity index is 399. The van der Waals surface area contributed by atoms with Crippen molar-refractivity contribution in [1.29, 1.82) is 5.26 Å². The molecule has 0 aromatic rings. The van der Waals surface area contributed by atoms with Crippen LogP contribution in [0.2, 0.25) is 0 Å². The highest BCUT2D eigenvalue weighted by Crippen LogP contribution is 2.34. The van der Waals surface area contributed by atoms with E-state index in [9.17, 15) is 15.2 Å². The second kappa shape index (κ2) is 6.08. The molecule has 2 aliphatic rings. The average molecular weight is 281 g/mol. The molecular formula is C14H23N3O3. The first-order chi connectivity index (χ1) is 9.48. The molecule has 2 unspecified atom stereocenters. The average Bonchev–Trinajstić information content (AvgIpc) is 2.78. The minimum atomic E-state index is -0.965. The highest BCUT2D eigenvalue weighted by molar-refractivity contribution is 5.86. The zero-order chi connectivity index (χ0) is 14.8. The number of aliphatic hydroxyl groups excluding tert-OH is 1. The van der Waals surface area contributed by atoms with Gasteiger partial charge in [0.15, 0.2) is 0 Å². The Morgan fingerprint density at radius 2 is 2.15 bits per heavy atom. The van der Waals surface area contributed by atoms with Gasteiger partial charge < -0.3 is 19.6 Å². The molecule has 2 saturated heterocycles. The molecule has 0 spiro atoms. The number of carbonyl (C=O) groups excluding carboxylic acids is 1. The molecule has 2 fully saturated rings. The van der Waals surface area contributed by atoms with E-state index in [1.165, 1.54) is 0 Å². The number of rotatable bonds is 3. The van der Waals surface area contributed by atoms with Crippen molar-refractivity contribution < 1.29 is 14.6 Å². The Kier molecular flexibility index (Phi) is 4.63. The van der Waals surface area contributed by atoms with Crippen LogP contribution in [0, 0.1) is 16.7 Å². The van der Waals surface area contributed by atoms with Crippen LogP contribution < -0.4 is 0 Å². The summed E-state index contributed by atoms with van der Waals surface area (Å²) in [4.78, 5) is 16.5. The quantitative estimate of drug-likeness (QED) is 0.777. The lowest BCUT2D eigenvalue weighted by Gasteiger charge is -2.36. The maximum Gasteiger partial charge on any atom is 0.243 e. The van der Waals surface area contributed by atoms with E-state index in [0.29, 0.717) is 45.6 Å². The Labute approximate surface area is 119 Å². The summed E-state index contributed by atoms with van der Waals surface area (Å²) in [5.41, 5.74) is -0.965. The van der Waals surface area contributed by atoms with Gasteiger partial charge in [0.2, 0.25) is 5.91 Å². The number of hydrogen-bond donors (Lipinski definition) is 1. The van der Waals surface area contributed by atoms with E-state index in [0.717, 1.165) is 0 Å². The lowest BCUT2D eigenvalue weighted by atomic mass is 9.80. The molecule has 0 bridgehead atoms. The predicted molar refractivity (Wildman–Crippen MR) is 72.8 cm³/mol. The number of nitrogens with zero attached hydrogens (tertiary/aromatic N) is 3. The van der Waals surface area contributed by atoms with Crippen LogP contribution in [-0.4, -0.2) is 73.4 Å². The Morgan fingerprint density at radius 1 is 1.50 bits per heavy atom. The van der Waals surface area contributed by atoms with Gasteiger partial charge in [-0.15, -0.1) is 0 Å². The highest BCUT2D eigenvalue weighted by Gasteiger charge is 2.47. The van der Waals surface area contributed by atoms with Gasteiger partial charge in [0.05, 0.1) is 12.2 Å². The number of likely N-dealkylation sites (tertiary alicyclic amines) is 1. The zero-order valence-electron chi connectivity index (χ0n) is 12.2. The number of likely N-dealkylation sites (N-methyl/N-ethyl adjacent to an activating group) is 1. The van der Waals surface area contributed by atoms with Gasteiger partial charge in [-0.1, -0.05) is 0 Å². The van der Waals surface area contributed by atoms with Crippen molar-refractivity contribution in [1.82, 2.24) is 9.80 Å². The Hall–Kier alpha value is -1.16. The monoisotopic (exact) mass is 281 g/mol. The standard InChI is InChI=1S/C14H23N3O3/c1-16(2)8-11-7-12(18)9-17(11)13(19)14(10-15)3-5-20-6-4-14/h11-12,18H,3-9H2,1-2H3. The van der Waals surface area contributed by atoms with Gasteiger partial charge in [-0.05, 0) is 33.4 Å². The molecule has 112 valence electrons. The van der Waals surface area contributed by atoms with Crippen molar-refractivity contribution >= 4 is 5.91 Å². The summed E-state index contributed by atoms with van der Waals surface area (Å²) >= 11 is 0. The van der Waals surface area contributed by atoms with Crippen LogP contribution in [-0.2, 0) is 9.53 Å². The number of amides is 1. The van der Waals surface area contributed by atoms with E-state index in [4.69, 9.17) is 4.74 Å². The van der Waals surface area contributed by atoms with Crippen molar-refractivity contribution in [3.05, 3.63) is 0 Å². The number of carbonyl (C=O) groups is 1. The van der Waals surface area contributed by atoms with Crippen LogP contribution in [0.15, 0.2) is 0 Å². The summed E-state index contributed by atoms with van der Waals surface area (Å²) in [6, 6.07) is 2.20. The molecular weight excluding hydrogens is 258 g/mol. The van der Waals surface area contributed by atoms with Crippen molar-refractivity contribution in [2.75, 3.05) is 40.4 Å². The van der Waals surface area contributed by atoms with Crippen LogP contribution in [0.25, 0.3) is 0 Å². The van der Waals surface area contributed by atoms with Gasteiger partial charge in [-0.25, -0.2) is 0 Å². The van der Waals surface area contributed by atoms with E-state index in [1.807, 2.05) is 19.0 Å². The van der Waals surface area contributed by atoms with Gasteiger partial charge in [0, 0.05) is 32.3 Å². The zero-order valence-corrected chi connectivity index (χ0v) is 12.2. The first-order valence-electron chi connectivity index (χ1n) is 7.11. The summed E-state index contributed by atoms with van der Waals surface area (Å²) in [5.74, 6) is -0.133. The first-order valence-corrected chi connectivity index (χ1v) is 7.11. The van der Waals surface area contributed by atoms with E-state index in [-0.39, 0.29) is 11.9 Å². The largest absolute Gasteiger partial charge is 0.391 e. The lowest BCUT2D eigenvalue weighted by molar-refractivity contribution is -0.144. The topological polar surface area (TPSA) is 76.8 Å². The van der Waals surface area contributed by atoms with Crippen LogP contribution in [0.4, 0.5) is 0 Å². The van der Waals surface area contributed by atoms with Crippen molar-refractivity contribution in [3.8, 4) is 6.07 Å². The molecule has 1 amide bonds. The van der Waals surface area contributed by atoms with Crippen LogP contribution in [0.1, 0.15) is 19.3 Å². The van der Waals surface area contributed by atoms with Crippen molar-refractivity contribution in [2.24, 2.45) is 5.41 Å². The number of nitriles is 1. The highest BCUT2D eigenvalue weighted by atomic mass is 16.5. The smallest absolute Gasteiger partial charge is 0.243 e. The molecule has 0 saturated carbocycles. The molecule has 0 aromatic heterocycles. The fourth-order valence-electron chi connectivity index (χ4n) is 3.10. The van der Waals surface area contributed by atoms with E-state index < -0.39 is 11.5 Å². The van der Waals surface area contributed by atoms with Crippen molar-refractivity contribution in [3.63, 3.8) is 0 Å². The number of hydrogen-bond acceptors (Lipinski definition) is 5. The van der Waals surface area contributed by atoms with E-state index in [2.05, 4.69) is 6.07 Å². The maximum atomic E-state index is 12.8. The fourth-order valence-corrected chi connectivity index (χ4v) is 3.10. The third-order valence-corrected chi connectivity index (χ3v) is 4.20. The van der Waals surface area contributed by atoms with Gasteiger partial charge in [0.25, 0.3) is 0 Å². The molecule has 0 aromatic carbocycles. The predicted octanol–water partition coefficient (Wildman–Crippen LogP) is -0.170. The molecule has 2 rings (SSSR count). The summed E-state index contributed by atoms with van der Waals surface area (Å²) in [6.45, 7) is 1.95. The molecule has 0 aliphatic carbocycles. The summed E-state index contributed by atoms with van der Waals surface area (Å²) in [6.07, 6.45) is 0.995. The minimum absolute atomic E-state index is 0.0134. The number of aliphatic hydroxyl groups is 1. The SMILES string of the molecule is CN(C)CC1CC(O)CN1C(=O)C1(C#N)CCOCC1. The first kappa shape index (κ1) is 15.2. The van der Waals surface area contributed by atoms with E-state index in [1.54, 1.807) is 4.90 Å². The van der Waals surface area contributed by atoms with Gasteiger partial charge in [-0.2, -0.15) is 5.26 Å². The fraction of sp³-hybridized carbons (Fsp3) is 0.857. The normalized spacial score (nSPS) is 29.4. The van der Waals surface area contributed by atoms with Gasteiger partial charge in [0.1, 0.15) is 5.41 Å². The molecule has 1 N–H and O–H groups in total. The van der Waals surface area contributed by atoms with E-state index >= 15 is 0 Å². The summed E-state index contributed by atoms with van der Waals surface area (Å²) in [7, 11) is 3.89. The Balaban J connectivity index is 2.15. The molecule has 0 radical (unpaired) electrons. The molecule has 6 heteroatoms. The van der Waals surface area contributed by atoms with Gasteiger partial charge >= 0.3 is 0 Å².